The zero-order chi connectivity index (χ0) is 21.8. The first-order valence-electron chi connectivity index (χ1n) is 9.79. The number of ether oxygens (including phenoxy) is 1. The van der Waals surface area contributed by atoms with Crippen molar-refractivity contribution in [1.82, 2.24) is 14.5 Å². The van der Waals surface area contributed by atoms with Crippen molar-refractivity contribution >= 4 is 39.8 Å². The number of nitrogens with zero attached hydrogens (tertiary/aromatic N) is 4. The van der Waals surface area contributed by atoms with Gasteiger partial charge >= 0.3 is 0 Å². The lowest BCUT2D eigenvalue weighted by Crippen LogP contribution is -2.22. The Morgan fingerprint density at radius 3 is 2.63 bits per heavy atom. The Morgan fingerprint density at radius 1 is 1.20 bits per heavy atom. The summed E-state index contributed by atoms with van der Waals surface area (Å²) in [5, 5.41) is 3.67. The van der Waals surface area contributed by atoms with E-state index in [1.165, 1.54) is 16.9 Å². The third-order valence-electron chi connectivity index (χ3n) is 5.09. The van der Waals surface area contributed by atoms with E-state index in [9.17, 15) is 4.79 Å². The molecule has 30 heavy (non-hydrogen) atoms. The maximum Gasteiger partial charge on any atom is 0.230 e. The fraction of sp³-hybridized carbons (Fsp3) is 0.409. The molecule has 0 aliphatic carbocycles. The monoisotopic (exact) mass is 444 g/mol. The minimum Gasteiger partial charge on any atom is -0.383 e. The SMILES string of the molecule is COCCn1c(SCc2csc(N(C(C)=O)c3ccc(C)c(C)c3)n2)nc(C)c1C. The van der Waals surface area contributed by atoms with E-state index in [1.54, 1.807) is 30.7 Å². The highest BCUT2D eigenvalue weighted by Gasteiger charge is 2.19. The predicted molar refractivity (Wildman–Crippen MR) is 124 cm³/mol. The number of aromatic nitrogens is 3. The standard InChI is InChI=1S/C22H28N4O2S2/c1-14-7-8-20(11-15(14)2)26(18(5)27)22-24-19(13-30-22)12-29-21-23-16(3)17(4)25(21)9-10-28-6/h7-8,11,13H,9-10,12H2,1-6H3. The molecule has 0 spiro atoms. The van der Waals surface area contributed by atoms with E-state index in [4.69, 9.17) is 14.7 Å². The van der Waals surface area contributed by atoms with E-state index < -0.39 is 0 Å². The number of methoxy groups -OCH3 is 1. The summed E-state index contributed by atoms with van der Waals surface area (Å²) in [5.74, 6) is 0.645. The van der Waals surface area contributed by atoms with Gasteiger partial charge < -0.3 is 9.30 Å². The zero-order valence-corrected chi connectivity index (χ0v) is 20.0. The van der Waals surface area contributed by atoms with Crippen LogP contribution in [0.4, 0.5) is 10.8 Å². The van der Waals surface area contributed by atoms with E-state index in [1.807, 2.05) is 30.5 Å². The normalized spacial score (nSPS) is 11.1. The van der Waals surface area contributed by atoms with Gasteiger partial charge in [-0.2, -0.15) is 0 Å². The van der Waals surface area contributed by atoms with Crippen LogP contribution in [0.3, 0.4) is 0 Å². The van der Waals surface area contributed by atoms with E-state index in [0.29, 0.717) is 17.5 Å². The molecular weight excluding hydrogens is 416 g/mol. The summed E-state index contributed by atoms with van der Waals surface area (Å²) in [6.45, 7) is 11.2. The van der Waals surface area contributed by atoms with Crippen LogP contribution in [0.2, 0.25) is 0 Å². The molecule has 0 fully saturated rings. The van der Waals surface area contributed by atoms with Crippen LogP contribution in [0.25, 0.3) is 0 Å². The molecule has 0 bridgehead atoms. The van der Waals surface area contributed by atoms with E-state index >= 15 is 0 Å². The molecule has 0 saturated carbocycles. The van der Waals surface area contributed by atoms with Crippen molar-refractivity contribution in [3.8, 4) is 0 Å². The average Bonchev–Trinajstić information content (AvgIpc) is 3.26. The Bertz CT molecular complexity index is 1040. The minimum atomic E-state index is -0.0480. The second-order valence-electron chi connectivity index (χ2n) is 7.24. The molecule has 0 N–H and O–H groups in total. The van der Waals surface area contributed by atoms with E-state index in [2.05, 4.69) is 25.3 Å². The summed E-state index contributed by atoms with van der Waals surface area (Å²) in [5.41, 5.74) is 6.33. The number of hydrogen-bond acceptors (Lipinski definition) is 6. The van der Waals surface area contributed by atoms with Gasteiger partial charge in [0, 0.05) is 37.4 Å². The topological polar surface area (TPSA) is 60.2 Å². The van der Waals surface area contributed by atoms with Gasteiger partial charge in [0.05, 0.1) is 23.7 Å². The molecule has 6 nitrogen and oxygen atoms in total. The Morgan fingerprint density at radius 2 is 1.97 bits per heavy atom. The summed E-state index contributed by atoms with van der Waals surface area (Å²) < 4.78 is 7.42. The van der Waals surface area contributed by atoms with Gasteiger partial charge in [0.1, 0.15) is 0 Å². The number of imidazole rings is 1. The van der Waals surface area contributed by atoms with Crippen molar-refractivity contribution in [1.29, 1.82) is 0 Å². The van der Waals surface area contributed by atoms with Crippen LogP contribution in [-0.2, 0) is 21.8 Å². The number of hydrogen-bond donors (Lipinski definition) is 0. The molecule has 3 rings (SSSR count). The lowest BCUT2D eigenvalue weighted by molar-refractivity contribution is -0.115. The number of thioether (sulfide) groups is 1. The quantitative estimate of drug-likeness (QED) is 0.447. The maximum absolute atomic E-state index is 12.4. The van der Waals surface area contributed by atoms with Crippen molar-refractivity contribution in [2.24, 2.45) is 0 Å². The maximum atomic E-state index is 12.4. The largest absolute Gasteiger partial charge is 0.383 e. The lowest BCUT2D eigenvalue weighted by Gasteiger charge is -2.19. The molecule has 0 radical (unpaired) electrons. The summed E-state index contributed by atoms with van der Waals surface area (Å²) in [6, 6.07) is 6.04. The van der Waals surface area contributed by atoms with Crippen LogP contribution in [0, 0.1) is 27.7 Å². The van der Waals surface area contributed by atoms with Crippen LogP contribution in [0.5, 0.6) is 0 Å². The highest BCUT2D eigenvalue weighted by atomic mass is 32.2. The Labute approximate surface area is 186 Å². The van der Waals surface area contributed by atoms with Crippen LogP contribution >= 0.6 is 23.1 Å². The third kappa shape index (κ3) is 4.94. The average molecular weight is 445 g/mol. The molecule has 160 valence electrons. The summed E-state index contributed by atoms with van der Waals surface area (Å²) >= 11 is 3.14. The number of carbonyl (C=O) groups excluding carboxylic acids is 1. The Kier molecular flexibility index (Phi) is 7.33. The highest BCUT2D eigenvalue weighted by molar-refractivity contribution is 7.98. The van der Waals surface area contributed by atoms with Crippen molar-refractivity contribution < 1.29 is 9.53 Å². The molecule has 0 aliphatic rings. The van der Waals surface area contributed by atoms with E-state index in [-0.39, 0.29) is 5.91 Å². The van der Waals surface area contributed by atoms with Crippen molar-refractivity contribution in [3.63, 3.8) is 0 Å². The molecule has 0 atom stereocenters. The van der Waals surface area contributed by atoms with Crippen molar-refractivity contribution in [2.45, 2.75) is 52.1 Å². The molecule has 0 aliphatic heterocycles. The number of carbonyl (C=O) groups is 1. The second-order valence-corrected chi connectivity index (χ2v) is 9.02. The van der Waals surface area contributed by atoms with Crippen LogP contribution in [0.1, 0.15) is 35.1 Å². The van der Waals surface area contributed by atoms with Crippen LogP contribution in [-0.4, -0.2) is 34.2 Å². The molecule has 1 amide bonds. The van der Waals surface area contributed by atoms with Gasteiger partial charge in [-0.15, -0.1) is 11.3 Å². The van der Waals surface area contributed by atoms with Crippen molar-refractivity contribution in [3.05, 3.63) is 51.8 Å². The number of anilines is 2. The first-order valence-corrected chi connectivity index (χ1v) is 11.7. The predicted octanol–water partition coefficient (Wildman–Crippen LogP) is 5.20. The second kappa shape index (κ2) is 9.76. The van der Waals surface area contributed by atoms with Gasteiger partial charge in [-0.3, -0.25) is 9.69 Å². The molecule has 0 saturated heterocycles. The summed E-state index contributed by atoms with van der Waals surface area (Å²) in [6.07, 6.45) is 0. The lowest BCUT2D eigenvalue weighted by atomic mass is 10.1. The minimum absolute atomic E-state index is 0.0480. The molecular formula is C22H28N4O2S2. The summed E-state index contributed by atoms with van der Waals surface area (Å²) in [7, 11) is 1.71. The van der Waals surface area contributed by atoms with Gasteiger partial charge in [0.15, 0.2) is 10.3 Å². The smallest absolute Gasteiger partial charge is 0.230 e. The Hall–Kier alpha value is -2.16. The number of thiazole rings is 1. The fourth-order valence-electron chi connectivity index (χ4n) is 3.08. The first kappa shape index (κ1) is 22.5. The van der Waals surface area contributed by atoms with Gasteiger partial charge in [-0.25, -0.2) is 9.97 Å². The van der Waals surface area contributed by atoms with Gasteiger partial charge in [-0.1, -0.05) is 17.8 Å². The van der Waals surface area contributed by atoms with Crippen LogP contribution in [0.15, 0.2) is 28.7 Å². The van der Waals surface area contributed by atoms with Crippen LogP contribution < -0.4 is 4.90 Å². The number of rotatable bonds is 8. The van der Waals surface area contributed by atoms with Gasteiger partial charge in [0.2, 0.25) is 5.91 Å². The first-order chi connectivity index (χ1) is 14.3. The van der Waals surface area contributed by atoms with Crippen molar-refractivity contribution in [2.75, 3.05) is 18.6 Å². The molecule has 2 aromatic heterocycles. The third-order valence-corrected chi connectivity index (χ3v) is 6.97. The summed E-state index contributed by atoms with van der Waals surface area (Å²) in [4.78, 5) is 23.5. The zero-order valence-electron chi connectivity index (χ0n) is 18.4. The van der Waals surface area contributed by atoms with Gasteiger partial charge in [0.25, 0.3) is 0 Å². The van der Waals surface area contributed by atoms with Gasteiger partial charge in [-0.05, 0) is 51.0 Å². The number of amides is 1. The molecule has 8 heteroatoms. The molecule has 1 aromatic carbocycles. The molecule has 0 unspecified atom stereocenters. The fourth-order valence-corrected chi connectivity index (χ4v) is 5.08. The number of benzene rings is 1. The van der Waals surface area contributed by atoms with E-state index in [0.717, 1.165) is 40.0 Å². The highest BCUT2D eigenvalue weighted by Crippen LogP contribution is 2.32. The molecule has 3 aromatic rings. The Balaban J connectivity index is 1.78. The number of aryl methyl sites for hydroxylation is 3. The molecule has 2 heterocycles.